The summed E-state index contributed by atoms with van der Waals surface area (Å²) in [7, 11) is 0. The van der Waals surface area contributed by atoms with Gasteiger partial charge in [0.1, 0.15) is 24.4 Å². The molecule has 2 unspecified atom stereocenters. The standard InChI is InChI=1S/C23H46O6/c1-17(2)9-7-11-19(4)13-8-12-18(3)10-5-6-14-29-16-21(26)23(28)22(27)20(25)15-24/h10,17,19-28H,5-9,11-16H2,1-4H3/b18-10+/t19?,20-,21-,22-,23?/m0/s1. The number of aliphatic hydroxyl groups excluding tert-OH is 5. The Morgan fingerprint density at radius 2 is 1.48 bits per heavy atom. The number of hydrogen-bond donors (Lipinski definition) is 5. The quantitative estimate of drug-likeness (QED) is 0.173. The molecule has 5 atom stereocenters. The molecule has 0 heterocycles. The van der Waals surface area contributed by atoms with Crippen molar-refractivity contribution in [1.82, 2.24) is 0 Å². The maximum atomic E-state index is 9.76. The molecule has 0 amide bonds. The normalized spacial score (nSPS) is 17.9. The fourth-order valence-electron chi connectivity index (χ4n) is 3.25. The summed E-state index contributed by atoms with van der Waals surface area (Å²) in [5.41, 5.74) is 1.40. The topological polar surface area (TPSA) is 110 Å². The molecular weight excluding hydrogens is 372 g/mol. The second-order valence-electron chi connectivity index (χ2n) is 8.89. The number of rotatable bonds is 18. The van der Waals surface area contributed by atoms with Crippen molar-refractivity contribution >= 4 is 0 Å². The first kappa shape index (κ1) is 28.5. The molecule has 6 heteroatoms. The Labute approximate surface area is 177 Å². The molecule has 0 aliphatic rings. The van der Waals surface area contributed by atoms with Gasteiger partial charge in [0, 0.05) is 6.61 Å². The van der Waals surface area contributed by atoms with Gasteiger partial charge < -0.3 is 30.3 Å². The Morgan fingerprint density at radius 1 is 0.862 bits per heavy atom. The Bertz CT molecular complexity index is 412. The Morgan fingerprint density at radius 3 is 2.10 bits per heavy atom. The van der Waals surface area contributed by atoms with Crippen LogP contribution >= 0.6 is 0 Å². The molecule has 0 rings (SSSR count). The van der Waals surface area contributed by atoms with Crippen LogP contribution in [0.5, 0.6) is 0 Å². The van der Waals surface area contributed by atoms with E-state index in [0.29, 0.717) is 6.61 Å². The van der Waals surface area contributed by atoms with Crippen molar-refractivity contribution < 1.29 is 30.3 Å². The van der Waals surface area contributed by atoms with Crippen molar-refractivity contribution in [3.63, 3.8) is 0 Å². The number of ether oxygens (including phenoxy) is 1. The molecule has 0 aliphatic carbocycles. The van der Waals surface area contributed by atoms with Gasteiger partial charge in [-0.1, -0.05) is 58.1 Å². The minimum Gasteiger partial charge on any atom is -0.394 e. The average Bonchev–Trinajstić information content (AvgIpc) is 2.68. The van der Waals surface area contributed by atoms with Gasteiger partial charge in [0.25, 0.3) is 0 Å². The number of aliphatic hydroxyl groups is 5. The molecule has 0 saturated heterocycles. The summed E-state index contributed by atoms with van der Waals surface area (Å²) >= 11 is 0. The van der Waals surface area contributed by atoms with E-state index in [9.17, 15) is 20.4 Å². The summed E-state index contributed by atoms with van der Waals surface area (Å²) in [5.74, 6) is 1.60. The zero-order valence-electron chi connectivity index (χ0n) is 19.0. The van der Waals surface area contributed by atoms with Crippen molar-refractivity contribution in [3.8, 4) is 0 Å². The van der Waals surface area contributed by atoms with Gasteiger partial charge in [-0.05, 0) is 44.4 Å². The van der Waals surface area contributed by atoms with Crippen molar-refractivity contribution in [2.24, 2.45) is 11.8 Å². The van der Waals surface area contributed by atoms with E-state index in [1.807, 2.05) is 0 Å². The fourth-order valence-corrected chi connectivity index (χ4v) is 3.25. The van der Waals surface area contributed by atoms with E-state index in [4.69, 9.17) is 9.84 Å². The smallest absolute Gasteiger partial charge is 0.111 e. The molecule has 0 fully saturated rings. The summed E-state index contributed by atoms with van der Waals surface area (Å²) in [4.78, 5) is 0. The van der Waals surface area contributed by atoms with Gasteiger partial charge in [-0.2, -0.15) is 0 Å². The Balaban J connectivity index is 3.78. The molecule has 5 N–H and O–H groups in total. The third kappa shape index (κ3) is 15.0. The van der Waals surface area contributed by atoms with Crippen LogP contribution in [0.1, 0.15) is 79.1 Å². The average molecular weight is 419 g/mol. The van der Waals surface area contributed by atoms with Crippen LogP contribution < -0.4 is 0 Å². The lowest BCUT2D eigenvalue weighted by Crippen LogP contribution is -2.47. The summed E-state index contributed by atoms with van der Waals surface area (Å²) in [6.45, 7) is 8.71. The molecule has 0 saturated carbocycles. The first-order chi connectivity index (χ1) is 13.7. The van der Waals surface area contributed by atoms with Crippen molar-refractivity contribution in [3.05, 3.63) is 11.6 Å². The van der Waals surface area contributed by atoms with Crippen molar-refractivity contribution in [1.29, 1.82) is 0 Å². The highest BCUT2D eigenvalue weighted by atomic mass is 16.5. The van der Waals surface area contributed by atoms with E-state index < -0.39 is 31.0 Å². The third-order valence-corrected chi connectivity index (χ3v) is 5.35. The van der Waals surface area contributed by atoms with Crippen LogP contribution in [0.2, 0.25) is 0 Å². The van der Waals surface area contributed by atoms with Crippen LogP contribution in [-0.2, 0) is 4.74 Å². The second kappa shape index (κ2) is 17.2. The van der Waals surface area contributed by atoms with Crippen LogP contribution in [0, 0.1) is 11.8 Å². The van der Waals surface area contributed by atoms with Crippen LogP contribution in [-0.4, -0.2) is 69.8 Å². The molecule has 0 aromatic rings. The largest absolute Gasteiger partial charge is 0.394 e. The molecule has 0 spiro atoms. The maximum absolute atomic E-state index is 9.76. The summed E-state index contributed by atoms with van der Waals surface area (Å²) in [6.07, 6.45) is 5.60. The van der Waals surface area contributed by atoms with Gasteiger partial charge in [0.15, 0.2) is 0 Å². The van der Waals surface area contributed by atoms with Gasteiger partial charge >= 0.3 is 0 Å². The predicted octanol–water partition coefficient (Wildman–Crippen LogP) is 2.80. The van der Waals surface area contributed by atoms with E-state index in [2.05, 4.69) is 33.8 Å². The van der Waals surface area contributed by atoms with E-state index >= 15 is 0 Å². The molecule has 0 aromatic carbocycles. The fraction of sp³-hybridized carbons (Fsp3) is 0.913. The first-order valence-corrected chi connectivity index (χ1v) is 11.3. The molecule has 29 heavy (non-hydrogen) atoms. The highest BCUT2D eigenvalue weighted by Gasteiger charge is 2.29. The van der Waals surface area contributed by atoms with Crippen molar-refractivity contribution in [2.45, 2.75) is 103 Å². The van der Waals surface area contributed by atoms with Gasteiger partial charge in [-0.25, -0.2) is 0 Å². The van der Waals surface area contributed by atoms with Gasteiger partial charge in [-0.3, -0.25) is 0 Å². The lowest BCUT2D eigenvalue weighted by Gasteiger charge is -2.25. The molecule has 6 nitrogen and oxygen atoms in total. The third-order valence-electron chi connectivity index (χ3n) is 5.35. The summed E-state index contributed by atoms with van der Waals surface area (Å²) in [6, 6.07) is 0. The lowest BCUT2D eigenvalue weighted by atomic mass is 9.94. The molecule has 0 radical (unpaired) electrons. The van der Waals surface area contributed by atoms with Crippen molar-refractivity contribution in [2.75, 3.05) is 19.8 Å². The second-order valence-corrected chi connectivity index (χ2v) is 8.89. The minimum absolute atomic E-state index is 0.131. The lowest BCUT2D eigenvalue weighted by molar-refractivity contribution is -0.129. The Kier molecular flexibility index (Phi) is 16.9. The molecular formula is C23H46O6. The highest BCUT2D eigenvalue weighted by molar-refractivity contribution is 4.97. The molecule has 0 aliphatic heterocycles. The van der Waals surface area contributed by atoms with Crippen LogP contribution in [0.4, 0.5) is 0 Å². The highest BCUT2D eigenvalue weighted by Crippen LogP contribution is 2.19. The zero-order valence-corrected chi connectivity index (χ0v) is 19.0. The van der Waals surface area contributed by atoms with Gasteiger partial charge in [-0.15, -0.1) is 0 Å². The van der Waals surface area contributed by atoms with Gasteiger partial charge in [0.05, 0.1) is 13.2 Å². The molecule has 0 bridgehead atoms. The van der Waals surface area contributed by atoms with Gasteiger partial charge in [0.2, 0.25) is 0 Å². The van der Waals surface area contributed by atoms with E-state index in [-0.39, 0.29) is 6.61 Å². The number of hydrogen-bond acceptors (Lipinski definition) is 6. The SMILES string of the molecule is C/C(=C\CCCOC[C@H](O)C(O)[C@@H](O)[C@@H](O)CO)CCCC(C)CCCC(C)C. The van der Waals surface area contributed by atoms with Crippen LogP contribution in [0.15, 0.2) is 11.6 Å². The minimum atomic E-state index is -1.61. The summed E-state index contributed by atoms with van der Waals surface area (Å²) < 4.78 is 5.33. The Hall–Kier alpha value is -0.500. The number of unbranched alkanes of at least 4 members (excludes halogenated alkanes) is 1. The first-order valence-electron chi connectivity index (χ1n) is 11.3. The maximum Gasteiger partial charge on any atom is 0.111 e. The van der Waals surface area contributed by atoms with E-state index in [1.54, 1.807) is 0 Å². The zero-order chi connectivity index (χ0) is 22.2. The van der Waals surface area contributed by atoms with E-state index in [1.165, 1.54) is 37.7 Å². The van der Waals surface area contributed by atoms with Crippen LogP contribution in [0.25, 0.3) is 0 Å². The predicted molar refractivity (Wildman–Crippen MR) is 117 cm³/mol. The summed E-state index contributed by atoms with van der Waals surface area (Å²) in [5, 5.41) is 47.0. The molecule has 0 aromatic heterocycles. The van der Waals surface area contributed by atoms with E-state index in [0.717, 1.165) is 31.1 Å². The monoisotopic (exact) mass is 418 g/mol. The molecule has 174 valence electrons. The van der Waals surface area contributed by atoms with Crippen LogP contribution in [0.3, 0.4) is 0 Å². The number of allylic oxidation sites excluding steroid dienone is 2.